The second-order valence-corrected chi connectivity index (χ2v) is 4.69. The van der Waals surface area contributed by atoms with Crippen molar-refractivity contribution in [1.82, 2.24) is 5.32 Å². The van der Waals surface area contributed by atoms with E-state index in [0.717, 1.165) is 19.2 Å². The second kappa shape index (κ2) is 6.34. The van der Waals surface area contributed by atoms with E-state index in [9.17, 15) is 18.0 Å². The maximum atomic E-state index is 13.2. The predicted octanol–water partition coefficient (Wildman–Crippen LogP) is 2.29. The number of alkyl halides is 3. The molecule has 2 rings (SSSR count). The Hall–Kier alpha value is -1.76. The van der Waals surface area contributed by atoms with Gasteiger partial charge in [0.1, 0.15) is 0 Å². The molecular weight excluding hydrogens is 285 g/mol. The smallest absolute Gasteiger partial charge is 0.417 e. The monoisotopic (exact) mass is 302 g/mol. The van der Waals surface area contributed by atoms with Gasteiger partial charge >= 0.3 is 12.1 Å². The summed E-state index contributed by atoms with van der Waals surface area (Å²) in [5.74, 6) is -0.948. The number of piperazine rings is 1. The number of nitrogens with one attached hydrogen (secondary N) is 1. The number of hydrogen-bond acceptors (Lipinski definition) is 4. The van der Waals surface area contributed by atoms with Gasteiger partial charge in [-0.1, -0.05) is 0 Å². The number of rotatable bonds is 3. The van der Waals surface area contributed by atoms with Crippen LogP contribution in [-0.4, -0.2) is 38.8 Å². The molecule has 1 heterocycles. The zero-order valence-electron chi connectivity index (χ0n) is 11.7. The van der Waals surface area contributed by atoms with Crippen molar-refractivity contribution < 1.29 is 22.7 Å². The number of benzene rings is 1. The minimum Gasteiger partial charge on any atom is -0.462 e. The summed E-state index contributed by atoms with van der Waals surface area (Å²) in [6.45, 7) is 4.31. The largest absolute Gasteiger partial charge is 0.462 e. The summed E-state index contributed by atoms with van der Waals surface area (Å²) in [4.78, 5) is 13.5. The molecule has 0 aromatic heterocycles. The molecule has 0 unspecified atom stereocenters. The number of halogens is 3. The lowest BCUT2D eigenvalue weighted by atomic mass is 10.1. The lowest BCUT2D eigenvalue weighted by Gasteiger charge is -2.30. The first kappa shape index (κ1) is 15.6. The van der Waals surface area contributed by atoms with Gasteiger partial charge in [0, 0.05) is 31.9 Å². The van der Waals surface area contributed by atoms with Crippen molar-refractivity contribution in [2.24, 2.45) is 0 Å². The maximum Gasteiger partial charge on any atom is 0.417 e. The third-order valence-corrected chi connectivity index (χ3v) is 3.29. The number of carbonyl (C=O) groups excluding carboxylic acids is 1. The van der Waals surface area contributed by atoms with E-state index < -0.39 is 23.3 Å². The van der Waals surface area contributed by atoms with Crippen LogP contribution in [0, 0.1) is 0 Å². The number of esters is 1. The van der Waals surface area contributed by atoms with Crippen molar-refractivity contribution >= 4 is 11.7 Å². The summed E-state index contributed by atoms with van der Waals surface area (Å²) < 4.78 is 44.2. The van der Waals surface area contributed by atoms with E-state index in [1.54, 1.807) is 6.92 Å². The van der Waals surface area contributed by atoms with Crippen molar-refractivity contribution in [2.75, 3.05) is 37.7 Å². The highest BCUT2D eigenvalue weighted by Gasteiger charge is 2.36. The molecule has 0 radical (unpaired) electrons. The third-order valence-electron chi connectivity index (χ3n) is 3.29. The van der Waals surface area contributed by atoms with Crippen molar-refractivity contribution in [3.05, 3.63) is 29.3 Å². The lowest BCUT2D eigenvalue weighted by Crippen LogP contribution is -2.43. The Morgan fingerprint density at radius 3 is 2.57 bits per heavy atom. The van der Waals surface area contributed by atoms with Crippen molar-refractivity contribution in [3.8, 4) is 0 Å². The molecule has 1 aromatic carbocycles. The van der Waals surface area contributed by atoms with Crippen LogP contribution >= 0.6 is 0 Å². The van der Waals surface area contributed by atoms with E-state index in [0.29, 0.717) is 18.8 Å². The van der Waals surface area contributed by atoms with Crippen molar-refractivity contribution in [1.29, 1.82) is 0 Å². The van der Waals surface area contributed by atoms with Gasteiger partial charge in [-0.25, -0.2) is 4.79 Å². The van der Waals surface area contributed by atoms with Gasteiger partial charge in [0.15, 0.2) is 0 Å². The second-order valence-electron chi connectivity index (χ2n) is 4.69. The molecule has 0 amide bonds. The van der Waals surface area contributed by atoms with Crippen molar-refractivity contribution in [2.45, 2.75) is 13.1 Å². The molecule has 1 fully saturated rings. The maximum absolute atomic E-state index is 13.2. The van der Waals surface area contributed by atoms with Gasteiger partial charge in [0.2, 0.25) is 0 Å². The predicted molar refractivity (Wildman–Crippen MR) is 72.5 cm³/mol. The molecule has 1 aliphatic rings. The number of nitrogens with zero attached hydrogens (tertiary/aromatic N) is 1. The van der Waals surface area contributed by atoms with Crippen LogP contribution in [0.4, 0.5) is 18.9 Å². The molecule has 0 atom stereocenters. The Labute approximate surface area is 120 Å². The van der Waals surface area contributed by atoms with Gasteiger partial charge in [-0.2, -0.15) is 13.2 Å². The molecule has 1 aliphatic heterocycles. The molecular formula is C14H17F3N2O2. The normalized spacial score (nSPS) is 15.9. The van der Waals surface area contributed by atoms with Gasteiger partial charge in [-0.05, 0) is 25.1 Å². The molecule has 116 valence electrons. The van der Waals surface area contributed by atoms with Crippen molar-refractivity contribution in [3.63, 3.8) is 0 Å². The third kappa shape index (κ3) is 3.66. The van der Waals surface area contributed by atoms with Gasteiger partial charge < -0.3 is 15.0 Å². The highest BCUT2D eigenvalue weighted by molar-refractivity contribution is 5.92. The molecule has 1 aromatic rings. The average molecular weight is 302 g/mol. The first-order chi connectivity index (χ1) is 9.93. The zero-order valence-corrected chi connectivity index (χ0v) is 11.7. The topological polar surface area (TPSA) is 41.6 Å². The summed E-state index contributed by atoms with van der Waals surface area (Å²) in [5.41, 5.74) is -0.919. The highest BCUT2D eigenvalue weighted by Crippen LogP contribution is 2.35. The Bertz CT molecular complexity index is 511. The number of anilines is 1. The quantitative estimate of drug-likeness (QED) is 0.870. The molecule has 1 saturated heterocycles. The van der Waals surface area contributed by atoms with E-state index >= 15 is 0 Å². The first-order valence-corrected chi connectivity index (χ1v) is 6.77. The van der Waals surface area contributed by atoms with E-state index in [-0.39, 0.29) is 6.61 Å². The Kier molecular flexibility index (Phi) is 4.72. The summed E-state index contributed by atoms with van der Waals surface area (Å²) in [6.07, 6.45) is -4.59. The number of ether oxygens (including phenoxy) is 1. The molecule has 7 heteroatoms. The van der Waals surface area contributed by atoms with Gasteiger partial charge in [-0.15, -0.1) is 0 Å². The molecule has 4 nitrogen and oxygen atoms in total. The van der Waals surface area contributed by atoms with E-state index in [4.69, 9.17) is 0 Å². The van der Waals surface area contributed by atoms with E-state index in [2.05, 4.69) is 10.1 Å². The van der Waals surface area contributed by atoms with Gasteiger partial charge in [0.05, 0.1) is 17.7 Å². The molecule has 21 heavy (non-hydrogen) atoms. The summed E-state index contributed by atoms with van der Waals surface area (Å²) in [5, 5.41) is 3.14. The molecule has 0 aliphatic carbocycles. The summed E-state index contributed by atoms with van der Waals surface area (Å²) >= 11 is 0. The number of hydrogen-bond donors (Lipinski definition) is 1. The van der Waals surface area contributed by atoms with E-state index in [1.807, 2.05) is 4.90 Å². The highest BCUT2D eigenvalue weighted by atomic mass is 19.4. The standard InChI is InChI=1S/C14H17F3N2O2/c1-2-21-13(20)11-4-3-10(9-12(11)14(15,16)17)19-7-5-18-6-8-19/h3-4,9,18H,2,5-8H2,1H3. The average Bonchev–Trinajstić information content (AvgIpc) is 2.47. The minimum absolute atomic E-state index is 0.0374. The fraction of sp³-hybridized carbons (Fsp3) is 0.500. The fourth-order valence-corrected chi connectivity index (χ4v) is 2.27. The van der Waals surface area contributed by atoms with Crippen LogP contribution in [0.1, 0.15) is 22.8 Å². The molecule has 0 bridgehead atoms. The van der Waals surface area contributed by atoms with Crippen LogP contribution in [0.25, 0.3) is 0 Å². The van der Waals surface area contributed by atoms with Gasteiger partial charge in [0.25, 0.3) is 0 Å². The van der Waals surface area contributed by atoms with Crippen LogP contribution in [0.5, 0.6) is 0 Å². The summed E-state index contributed by atoms with van der Waals surface area (Å²) in [7, 11) is 0. The number of carbonyl (C=O) groups is 1. The Balaban J connectivity index is 2.37. The van der Waals surface area contributed by atoms with Gasteiger partial charge in [-0.3, -0.25) is 0 Å². The minimum atomic E-state index is -4.59. The molecule has 0 spiro atoms. The fourth-order valence-electron chi connectivity index (χ4n) is 2.27. The Morgan fingerprint density at radius 1 is 1.33 bits per heavy atom. The van der Waals surface area contributed by atoms with Crippen LogP contribution in [0.3, 0.4) is 0 Å². The van der Waals surface area contributed by atoms with Crippen LogP contribution in [0.15, 0.2) is 18.2 Å². The lowest BCUT2D eigenvalue weighted by molar-refractivity contribution is -0.138. The molecule has 0 saturated carbocycles. The van der Waals surface area contributed by atoms with Crippen LogP contribution in [-0.2, 0) is 10.9 Å². The van der Waals surface area contributed by atoms with Crippen LogP contribution < -0.4 is 10.2 Å². The molecule has 1 N–H and O–H groups in total. The zero-order chi connectivity index (χ0) is 15.5. The van der Waals surface area contributed by atoms with Crippen LogP contribution in [0.2, 0.25) is 0 Å². The first-order valence-electron chi connectivity index (χ1n) is 6.77. The van der Waals surface area contributed by atoms with E-state index in [1.165, 1.54) is 12.1 Å². The SMILES string of the molecule is CCOC(=O)c1ccc(N2CCNCC2)cc1C(F)(F)F. The Morgan fingerprint density at radius 2 is 2.00 bits per heavy atom. The summed E-state index contributed by atoms with van der Waals surface area (Å²) in [6, 6.07) is 3.75.